The van der Waals surface area contributed by atoms with E-state index < -0.39 is 0 Å². The van der Waals surface area contributed by atoms with Crippen molar-refractivity contribution in [3.05, 3.63) is 0 Å². The van der Waals surface area contributed by atoms with Crippen LogP contribution in [0.1, 0.15) is 77.0 Å². The highest BCUT2D eigenvalue weighted by atomic mass is 32.2. The van der Waals surface area contributed by atoms with Crippen LogP contribution in [-0.4, -0.2) is 114 Å². The lowest BCUT2D eigenvalue weighted by atomic mass is 10.2. The standard InChI is InChI=1S/C15H33NS4.C6H15N3.C6H14S2/c1-16(14-19-12-8-4-2-6-10-17)15-20-13-9-5-3-7-11-18;1-7-4-8(2)6-9(3)5-7;7-5-3-1-2-4-6-8/h17-18H,2-15H2,1H3;4-6H2,1-3H3;7-8H,1-6H2. The minimum absolute atomic E-state index is 1.03. The molecule has 1 aliphatic heterocycles. The summed E-state index contributed by atoms with van der Waals surface area (Å²) >= 11 is 20.8. The molecular formula is C27H62N4S6. The van der Waals surface area contributed by atoms with Gasteiger partial charge >= 0.3 is 0 Å². The number of unbranched alkanes of at least 4 members (excludes halogenated alkanes) is 9. The van der Waals surface area contributed by atoms with Gasteiger partial charge in [0.25, 0.3) is 0 Å². The van der Waals surface area contributed by atoms with Crippen LogP contribution in [0.4, 0.5) is 0 Å². The molecule has 1 heterocycles. The largest absolute Gasteiger partial charge is 0.288 e. The highest BCUT2D eigenvalue weighted by Crippen LogP contribution is 2.13. The van der Waals surface area contributed by atoms with Gasteiger partial charge in [0.05, 0.1) is 20.0 Å². The van der Waals surface area contributed by atoms with Gasteiger partial charge in [0, 0.05) is 11.8 Å². The molecule has 37 heavy (non-hydrogen) atoms. The Morgan fingerprint density at radius 1 is 0.486 bits per heavy atom. The molecule has 4 nitrogen and oxygen atoms in total. The van der Waals surface area contributed by atoms with Crippen molar-refractivity contribution < 1.29 is 0 Å². The fourth-order valence-electron chi connectivity index (χ4n) is 3.76. The maximum Gasteiger partial charge on any atom is 0.0523 e. The van der Waals surface area contributed by atoms with Crippen molar-refractivity contribution in [1.82, 2.24) is 19.6 Å². The van der Waals surface area contributed by atoms with E-state index in [1.54, 1.807) is 0 Å². The van der Waals surface area contributed by atoms with Crippen molar-refractivity contribution in [2.45, 2.75) is 77.0 Å². The van der Waals surface area contributed by atoms with E-state index in [9.17, 15) is 0 Å². The Hall–Kier alpha value is 1.94. The molecule has 1 aliphatic rings. The Kier molecular flexibility index (Phi) is 37.9. The first-order valence-corrected chi connectivity index (χ1v) is 19.1. The quantitative estimate of drug-likeness (QED) is 0.0595. The molecule has 1 fully saturated rings. The number of nitrogens with zero attached hydrogens (tertiary/aromatic N) is 4. The molecule has 0 aromatic heterocycles. The van der Waals surface area contributed by atoms with Crippen molar-refractivity contribution in [2.24, 2.45) is 0 Å². The maximum atomic E-state index is 4.24. The van der Waals surface area contributed by atoms with Crippen LogP contribution in [-0.2, 0) is 0 Å². The average molecular weight is 635 g/mol. The number of thioether (sulfide) groups is 2. The molecule has 226 valence electrons. The minimum Gasteiger partial charge on any atom is -0.288 e. The van der Waals surface area contributed by atoms with Crippen LogP contribution in [0.3, 0.4) is 0 Å². The normalized spacial score (nSPS) is 14.8. The summed E-state index contributed by atoms with van der Waals surface area (Å²) in [5, 5.41) is 0. The third-order valence-electron chi connectivity index (χ3n) is 5.53. The zero-order valence-corrected chi connectivity index (χ0v) is 29.9. The van der Waals surface area contributed by atoms with Gasteiger partial charge < -0.3 is 0 Å². The minimum atomic E-state index is 1.03. The molecule has 0 spiro atoms. The molecule has 0 bridgehead atoms. The van der Waals surface area contributed by atoms with Crippen molar-refractivity contribution in [3.8, 4) is 0 Å². The molecule has 0 amide bonds. The summed E-state index contributed by atoms with van der Waals surface area (Å²) in [5.41, 5.74) is 0. The summed E-state index contributed by atoms with van der Waals surface area (Å²) in [5.74, 6) is 9.14. The Balaban J connectivity index is 0. The summed E-state index contributed by atoms with van der Waals surface area (Å²) in [4.78, 5) is 9.28. The van der Waals surface area contributed by atoms with Crippen LogP contribution >= 0.6 is 74.0 Å². The van der Waals surface area contributed by atoms with Gasteiger partial charge in [-0.2, -0.15) is 50.5 Å². The van der Waals surface area contributed by atoms with Crippen molar-refractivity contribution in [3.63, 3.8) is 0 Å². The van der Waals surface area contributed by atoms with Crippen LogP contribution in [0.25, 0.3) is 0 Å². The zero-order chi connectivity index (χ0) is 28.0. The monoisotopic (exact) mass is 634 g/mol. The molecule has 1 saturated heterocycles. The van der Waals surface area contributed by atoms with Gasteiger partial charge in [-0.05, 0) is 101 Å². The summed E-state index contributed by atoms with van der Waals surface area (Å²) in [6.45, 7) is 3.26. The van der Waals surface area contributed by atoms with E-state index in [1.807, 2.05) is 0 Å². The topological polar surface area (TPSA) is 13.0 Å². The Bertz CT molecular complexity index is 377. The second-order valence-electron chi connectivity index (χ2n) is 10.1. The van der Waals surface area contributed by atoms with E-state index in [-0.39, 0.29) is 0 Å². The molecule has 0 aromatic carbocycles. The highest BCUT2D eigenvalue weighted by Gasteiger charge is 2.13. The third-order valence-corrected chi connectivity index (χ3v) is 9.20. The van der Waals surface area contributed by atoms with E-state index in [1.165, 1.54) is 100 Å². The Morgan fingerprint density at radius 3 is 1.03 bits per heavy atom. The van der Waals surface area contributed by atoms with Gasteiger partial charge in [0.15, 0.2) is 0 Å². The van der Waals surface area contributed by atoms with Gasteiger partial charge in [0.2, 0.25) is 0 Å². The second kappa shape index (κ2) is 34.1. The summed E-state index contributed by atoms with van der Waals surface area (Å²) < 4.78 is 0. The van der Waals surface area contributed by atoms with Gasteiger partial charge in [-0.25, -0.2) is 0 Å². The first-order valence-electron chi connectivity index (χ1n) is 14.2. The lowest BCUT2D eigenvalue weighted by molar-refractivity contribution is 0.0149. The van der Waals surface area contributed by atoms with Gasteiger partial charge in [0.1, 0.15) is 0 Å². The average Bonchev–Trinajstić information content (AvgIpc) is 2.85. The maximum absolute atomic E-state index is 4.24. The molecule has 0 aromatic rings. The van der Waals surface area contributed by atoms with Crippen molar-refractivity contribution >= 4 is 74.0 Å². The highest BCUT2D eigenvalue weighted by molar-refractivity contribution is 8.00. The first-order chi connectivity index (χ1) is 17.9. The number of hydrogen-bond acceptors (Lipinski definition) is 10. The molecular weight excluding hydrogens is 573 g/mol. The molecule has 0 atom stereocenters. The van der Waals surface area contributed by atoms with Crippen LogP contribution < -0.4 is 0 Å². The lowest BCUT2D eigenvalue weighted by Gasteiger charge is -2.36. The SMILES string of the molecule is CN(CSCCCCCCS)CSCCCCCCS.CN1CN(C)CN(C)C1.SCCCCCCS. The van der Waals surface area contributed by atoms with Gasteiger partial charge in [-0.1, -0.05) is 38.5 Å². The number of thiol groups is 4. The summed E-state index contributed by atoms with van der Waals surface area (Å²) in [7, 11) is 8.63. The summed E-state index contributed by atoms with van der Waals surface area (Å²) in [6, 6.07) is 0. The van der Waals surface area contributed by atoms with Crippen LogP contribution in [0.2, 0.25) is 0 Å². The Morgan fingerprint density at radius 2 is 0.757 bits per heavy atom. The van der Waals surface area contributed by atoms with Gasteiger partial charge in [-0.15, -0.1) is 23.5 Å². The summed E-state index contributed by atoms with van der Waals surface area (Å²) in [6.07, 6.45) is 15.9. The molecule has 0 N–H and O–H groups in total. The fourth-order valence-corrected chi connectivity index (χ4v) is 6.66. The second-order valence-corrected chi connectivity index (χ2v) is 14.0. The first kappa shape index (κ1) is 41.1. The lowest BCUT2D eigenvalue weighted by Crippen LogP contribution is -2.50. The number of rotatable bonds is 21. The molecule has 0 unspecified atom stereocenters. The zero-order valence-electron chi connectivity index (χ0n) is 24.7. The fraction of sp³-hybridized carbons (Fsp3) is 1.00. The van der Waals surface area contributed by atoms with Crippen molar-refractivity contribution in [1.29, 1.82) is 0 Å². The van der Waals surface area contributed by atoms with Crippen LogP contribution in [0.15, 0.2) is 0 Å². The molecule has 0 radical (unpaired) electrons. The van der Waals surface area contributed by atoms with Gasteiger partial charge in [-0.3, -0.25) is 19.6 Å². The van der Waals surface area contributed by atoms with Crippen molar-refractivity contribution in [2.75, 3.05) is 94.5 Å². The molecule has 0 saturated carbocycles. The van der Waals surface area contributed by atoms with E-state index in [4.69, 9.17) is 0 Å². The van der Waals surface area contributed by atoms with E-state index >= 15 is 0 Å². The molecule has 1 rings (SSSR count). The Labute approximate surface area is 263 Å². The van der Waals surface area contributed by atoms with Crippen LogP contribution in [0, 0.1) is 0 Å². The third kappa shape index (κ3) is 35.9. The predicted molar refractivity (Wildman–Crippen MR) is 191 cm³/mol. The smallest absolute Gasteiger partial charge is 0.0523 e. The molecule has 10 heteroatoms. The van der Waals surface area contributed by atoms with E-state index in [0.29, 0.717) is 0 Å². The molecule has 0 aliphatic carbocycles. The van der Waals surface area contributed by atoms with E-state index in [0.717, 1.165) is 43.0 Å². The predicted octanol–water partition coefficient (Wildman–Crippen LogP) is 7.35. The van der Waals surface area contributed by atoms with Crippen LogP contribution in [0.5, 0.6) is 0 Å². The van der Waals surface area contributed by atoms with E-state index in [2.05, 4.69) is 122 Å². The number of hydrogen-bond donors (Lipinski definition) is 4.